The lowest BCUT2D eigenvalue weighted by Crippen LogP contribution is -2.20. The summed E-state index contributed by atoms with van der Waals surface area (Å²) in [4.78, 5) is 16.8. The van der Waals surface area contributed by atoms with Crippen molar-refractivity contribution in [2.24, 2.45) is 0 Å². The van der Waals surface area contributed by atoms with Crippen LogP contribution in [0.3, 0.4) is 0 Å². The predicted octanol–water partition coefficient (Wildman–Crippen LogP) is 2.91. The van der Waals surface area contributed by atoms with E-state index in [4.69, 9.17) is 0 Å². The minimum atomic E-state index is -3.57. The summed E-state index contributed by atoms with van der Waals surface area (Å²) in [5, 5.41) is 8.68. The van der Waals surface area contributed by atoms with Crippen LogP contribution >= 0.6 is 0 Å². The molecule has 1 amide bonds. The van der Waals surface area contributed by atoms with Gasteiger partial charge in [-0.1, -0.05) is 24.3 Å². The van der Waals surface area contributed by atoms with Crippen molar-refractivity contribution in [3.05, 3.63) is 60.4 Å². The highest BCUT2D eigenvalue weighted by molar-refractivity contribution is 7.92. The van der Waals surface area contributed by atoms with Crippen LogP contribution in [0.25, 0.3) is 11.4 Å². The number of nitrogens with zero attached hydrogens (tertiary/aromatic N) is 2. The van der Waals surface area contributed by atoms with E-state index in [9.17, 15) is 13.2 Å². The zero-order chi connectivity index (χ0) is 18.7. The van der Waals surface area contributed by atoms with Crippen LogP contribution in [0.4, 0.5) is 5.69 Å². The van der Waals surface area contributed by atoms with Crippen molar-refractivity contribution in [2.75, 3.05) is 5.32 Å². The largest absolute Gasteiger partial charge is 0.322 e. The predicted molar refractivity (Wildman–Crippen MR) is 98.5 cm³/mol. The number of sulfone groups is 1. The molecule has 0 spiro atoms. The average molecular weight is 370 g/mol. The topological polar surface area (TPSA) is 105 Å². The number of hydrogen-bond donors (Lipinski definition) is 2. The third-order valence-corrected chi connectivity index (χ3v) is 6.08. The maximum absolute atomic E-state index is 12.7. The van der Waals surface area contributed by atoms with Gasteiger partial charge in [0.1, 0.15) is 6.33 Å². The second-order valence-electron chi connectivity index (χ2n) is 5.96. The molecule has 0 bridgehead atoms. The Hall–Kier alpha value is -3.00. The van der Waals surface area contributed by atoms with Gasteiger partial charge in [0.05, 0.1) is 15.7 Å². The number of H-pyrrole nitrogens is 1. The quantitative estimate of drug-likeness (QED) is 0.718. The number of aromatic nitrogens is 3. The van der Waals surface area contributed by atoms with E-state index in [1.165, 1.54) is 18.5 Å². The molecular weight excluding hydrogens is 352 g/mol. The van der Waals surface area contributed by atoms with Gasteiger partial charge in [-0.15, -0.1) is 0 Å². The van der Waals surface area contributed by atoms with Gasteiger partial charge in [-0.3, -0.25) is 9.89 Å². The van der Waals surface area contributed by atoms with Crippen LogP contribution < -0.4 is 5.32 Å². The van der Waals surface area contributed by atoms with E-state index in [1.807, 2.05) is 6.07 Å². The molecule has 26 heavy (non-hydrogen) atoms. The van der Waals surface area contributed by atoms with Crippen LogP contribution in [0.5, 0.6) is 0 Å². The van der Waals surface area contributed by atoms with Crippen LogP contribution in [0.15, 0.2) is 59.8 Å². The molecule has 7 nitrogen and oxygen atoms in total. The van der Waals surface area contributed by atoms with Crippen molar-refractivity contribution < 1.29 is 13.2 Å². The summed E-state index contributed by atoms with van der Waals surface area (Å²) in [5.74, 6) is 0.0865. The highest BCUT2D eigenvalue weighted by Gasteiger charge is 2.25. The summed E-state index contributed by atoms with van der Waals surface area (Å²) in [5.41, 5.74) is 1.40. The third kappa shape index (κ3) is 3.50. The molecule has 0 aliphatic heterocycles. The lowest BCUT2D eigenvalue weighted by molar-refractivity contribution is 0.102. The number of aromatic amines is 1. The van der Waals surface area contributed by atoms with Gasteiger partial charge < -0.3 is 5.32 Å². The minimum Gasteiger partial charge on any atom is -0.322 e. The van der Waals surface area contributed by atoms with Gasteiger partial charge in [-0.05, 0) is 38.1 Å². The van der Waals surface area contributed by atoms with Crippen molar-refractivity contribution in [3.8, 4) is 11.4 Å². The summed E-state index contributed by atoms with van der Waals surface area (Å²) >= 11 is 0. The van der Waals surface area contributed by atoms with E-state index in [2.05, 4.69) is 20.5 Å². The minimum absolute atomic E-state index is 0.0267. The number of carbonyl (C=O) groups is 1. The molecule has 0 unspecified atom stereocenters. The van der Waals surface area contributed by atoms with E-state index in [0.29, 0.717) is 11.5 Å². The van der Waals surface area contributed by atoms with Crippen molar-refractivity contribution in [2.45, 2.75) is 24.0 Å². The first-order chi connectivity index (χ1) is 12.4. The van der Waals surface area contributed by atoms with Gasteiger partial charge in [0.15, 0.2) is 15.7 Å². The molecule has 1 heterocycles. The van der Waals surface area contributed by atoms with Crippen molar-refractivity contribution >= 4 is 21.4 Å². The molecule has 0 saturated heterocycles. The van der Waals surface area contributed by atoms with Crippen LogP contribution in [-0.4, -0.2) is 34.8 Å². The molecule has 0 fully saturated rings. The molecule has 3 aromatic rings. The van der Waals surface area contributed by atoms with Crippen LogP contribution in [0.1, 0.15) is 24.2 Å². The van der Waals surface area contributed by atoms with Gasteiger partial charge in [0.25, 0.3) is 5.91 Å². The molecule has 0 radical (unpaired) electrons. The lowest BCUT2D eigenvalue weighted by Gasteiger charge is -2.13. The van der Waals surface area contributed by atoms with Crippen LogP contribution in [0, 0.1) is 0 Å². The Kier molecular flexibility index (Phi) is 4.85. The van der Waals surface area contributed by atoms with E-state index in [1.54, 1.807) is 44.2 Å². The molecule has 0 atom stereocenters. The zero-order valence-corrected chi connectivity index (χ0v) is 15.1. The third-order valence-electron chi connectivity index (χ3n) is 3.87. The van der Waals surface area contributed by atoms with Gasteiger partial charge in [-0.25, -0.2) is 13.4 Å². The average Bonchev–Trinajstić information content (AvgIpc) is 3.16. The normalized spacial score (nSPS) is 11.5. The first kappa shape index (κ1) is 17.8. The summed E-state index contributed by atoms with van der Waals surface area (Å²) in [6.45, 7) is 3.18. The van der Waals surface area contributed by atoms with Crippen LogP contribution in [-0.2, 0) is 9.84 Å². The number of amides is 1. The van der Waals surface area contributed by atoms with Crippen molar-refractivity contribution in [3.63, 3.8) is 0 Å². The Morgan fingerprint density at radius 3 is 2.58 bits per heavy atom. The van der Waals surface area contributed by atoms with Crippen LogP contribution in [0.2, 0.25) is 0 Å². The highest BCUT2D eigenvalue weighted by atomic mass is 32.2. The molecule has 0 aliphatic carbocycles. The molecule has 0 aliphatic rings. The summed E-state index contributed by atoms with van der Waals surface area (Å²) in [7, 11) is -3.57. The molecule has 2 N–H and O–H groups in total. The first-order valence-corrected chi connectivity index (χ1v) is 9.54. The fraction of sp³-hybridized carbons (Fsp3) is 0.167. The van der Waals surface area contributed by atoms with Gasteiger partial charge in [-0.2, -0.15) is 5.10 Å². The molecule has 3 rings (SSSR count). The Bertz CT molecular complexity index is 1030. The number of nitrogens with one attached hydrogen (secondary N) is 2. The van der Waals surface area contributed by atoms with Crippen molar-refractivity contribution in [1.29, 1.82) is 0 Å². The second-order valence-corrected chi connectivity index (χ2v) is 8.43. The molecule has 8 heteroatoms. The Balaban J connectivity index is 1.92. The molecule has 134 valence electrons. The smallest absolute Gasteiger partial charge is 0.256 e. The number of anilines is 1. The van der Waals surface area contributed by atoms with Gasteiger partial charge in [0, 0.05) is 11.3 Å². The summed E-state index contributed by atoms with van der Waals surface area (Å²) in [6, 6.07) is 13.3. The number of carbonyl (C=O) groups excluding carboxylic acids is 1. The molecular formula is C18H18N4O3S. The Labute approximate surface area is 151 Å². The Morgan fingerprint density at radius 2 is 1.88 bits per heavy atom. The van der Waals surface area contributed by atoms with E-state index >= 15 is 0 Å². The van der Waals surface area contributed by atoms with E-state index < -0.39 is 21.0 Å². The summed E-state index contributed by atoms with van der Waals surface area (Å²) < 4.78 is 25.0. The standard InChI is InChI=1S/C18H18N4O3S/c1-12(2)26(24,25)16-9-4-3-8-15(16)18(23)21-14-7-5-6-13(10-14)17-19-11-20-22-17/h3-12H,1-2H3,(H,21,23)(H,19,20,22). The zero-order valence-electron chi connectivity index (χ0n) is 14.3. The van der Waals surface area contributed by atoms with E-state index in [0.717, 1.165) is 5.56 Å². The maximum atomic E-state index is 12.7. The number of rotatable bonds is 5. The highest BCUT2D eigenvalue weighted by Crippen LogP contribution is 2.23. The second kappa shape index (κ2) is 7.09. The monoisotopic (exact) mass is 370 g/mol. The molecule has 0 saturated carbocycles. The molecule has 1 aromatic heterocycles. The van der Waals surface area contributed by atoms with E-state index in [-0.39, 0.29) is 10.5 Å². The maximum Gasteiger partial charge on any atom is 0.256 e. The van der Waals surface area contributed by atoms with Crippen molar-refractivity contribution in [1.82, 2.24) is 15.2 Å². The first-order valence-electron chi connectivity index (χ1n) is 7.99. The Morgan fingerprint density at radius 1 is 1.12 bits per heavy atom. The van der Waals surface area contributed by atoms with Gasteiger partial charge in [0.2, 0.25) is 0 Å². The molecule has 2 aromatic carbocycles. The van der Waals surface area contributed by atoms with Gasteiger partial charge >= 0.3 is 0 Å². The fourth-order valence-corrected chi connectivity index (χ4v) is 3.69. The lowest BCUT2D eigenvalue weighted by atomic mass is 10.1. The SMILES string of the molecule is CC(C)S(=O)(=O)c1ccccc1C(=O)Nc1cccc(-c2ncn[nH]2)c1. The number of benzene rings is 2. The number of hydrogen-bond acceptors (Lipinski definition) is 5. The summed E-state index contributed by atoms with van der Waals surface area (Å²) in [6.07, 6.45) is 1.40. The fourth-order valence-electron chi connectivity index (χ4n) is 2.44.